The fraction of sp³-hybridized carbons (Fsp3) is 0.222. The van der Waals surface area contributed by atoms with Crippen LogP contribution in [0.1, 0.15) is 17.7 Å². The largest absolute Gasteiger partial charge is 0.467 e. The average molecular weight is 327 g/mol. The van der Waals surface area contributed by atoms with Gasteiger partial charge in [-0.05, 0) is 29.7 Å². The van der Waals surface area contributed by atoms with E-state index < -0.39 is 5.54 Å². The van der Waals surface area contributed by atoms with Crippen molar-refractivity contribution in [2.75, 3.05) is 7.11 Å². The lowest BCUT2D eigenvalue weighted by atomic mass is 9.84. The predicted molar refractivity (Wildman–Crippen MR) is 88.6 cm³/mol. The number of halogens is 1. The van der Waals surface area contributed by atoms with Crippen LogP contribution in [0.5, 0.6) is 0 Å². The van der Waals surface area contributed by atoms with Crippen molar-refractivity contribution < 1.29 is 9.53 Å². The quantitative estimate of drug-likeness (QED) is 0.676. The molecule has 1 unspecified atom stereocenters. The van der Waals surface area contributed by atoms with Crippen molar-refractivity contribution in [2.45, 2.75) is 18.4 Å². The van der Waals surface area contributed by atoms with Gasteiger partial charge in [0.2, 0.25) is 0 Å². The number of ether oxygens (including phenoxy) is 1. The van der Waals surface area contributed by atoms with Crippen LogP contribution in [0.15, 0.2) is 48.9 Å². The molecule has 2 aromatic carbocycles. The number of methoxy groups -OCH3 is 1. The maximum Gasteiger partial charge on any atom is 0.336 e. The van der Waals surface area contributed by atoms with Crippen molar-refractivity contribution in [1.82, 2.24) is 9.55 Å². The Balaban J connectivity index is 2.11. The molecule has 1 aromatic heterocycles. The Bertz CT molecular complexity index is 918. The molecule has 0 radical (unpaired) electrons. The van der Waals surface area contributed by atoms with Gasteiger partial charge in [-0.1, -0.05) is 41.9 Å². The van der Waals surface area contributed by atoms with Crippen molar-refractivity contribution in [3.63, 3.8) is 0 Å². The summed E-state index contributed by atoms with van der Waals surface area (Å²) in [5.41, 5.74) is 0.846. The van der Waals surface area contributed by atoms with E-state index in [1.54, 1.807) is 12.5 Å². The molecule has 0 amide bonds. The number of hydrogen-bond donors (Lipinski definition) is 0. The van der Waals surface area contributed by atoms with Crippen molar-refractivity contribution in [1.29, 1.82) is 0 Å². The Hall–Kier alpha value is -2.33. The predicted octanol–water partition coefficient (Wildman–Crippen LogP) is 3.55. The zero-order chi connectivity index (χ0) is 16.0. The molecule has 5 heteroatoms. The Labute approximate surface area is 138 Å². The number of imidazole rings is 1. The van der Waals surface area contributed by atoms with Crippen molar-refractivity contribution in [3.05, 3.63) is 65.2 Å². The normalized spacial score (nSPS) is 19.7. The first-order chi connectivity index (χ1) is 11.2. The lowest BCUT2D eigenvalue weighted by Crippen LogP contribution is -2.41. The smallest absolute Gasteiger partial charge is 0.336 e. The monoisotopic (exact) mass is 326 g/mol. The van der Waals surface area contributed by atoms with Crippen LogP contribution in [-0.4, -0.2) is 22.6 Å². The highest BCUT2D eigenvalue weighted by molar-refractivity contribution is 6.33. The fourth-order valence-electron chi connectivity index (χ4n) is 3.66. The first-order valence-corrected chi connectivity index (χ1v) is 7.84. The van der Waals surface area contributed by atoms with Gasteiger partial charge < -0.3 is 9.30 Å². The molecule has 2 heterocycles. The van der Waals surface area contributed by atoms with E-state index >= 15 is 0 Å². The second-order valence-electron chi connectivity index (χ2n) is 5.75. The summed E-state index contributed by atoms with van der Waals surface area (Å²) < 4.78 is 7.09. The molecule has 23 heavy (non-hydrogen) atoms. The highest BCUT2D eigenvalue weighted by atomic mass is 35.5. The molecule has 1 atom stereocenters. The third-order valence-corrected chi connectivity index (χ3v) is 5.00. The third-order valence-electron chi connectivity index (χ3n) is 4.68. The summed E-state index contributed by atoms with van der Waals surface area (Å²) in [5, 5.41) is 2.58. The average Bonchev–Trinajstić information content (AvgIpc) is 3.17. The van der Waals surface area contributed by atoms with E-state index in [1.165, 1.54) is 7.11 Å². The SMILES string of the molecule is COC(=O)C1(c2c(Cl)ccc3ccccc23)CCc2cncn21. The first kappa shape index (κ1) is 14.3. The number of aromatic nitrogens is 2. The topological polar surface area (TPSA) is 44.1 Å². The molecule has 116 valence electrons. The van der Waals surface area contributed by atoms with Crippen LogP contribution in [0.2, 0.25) is 5.02 Å². The molecule has 0 bridgehead atoms. The van der Waals surface area contributed by atoms with Crippen LogP contribution in [0.25, 0.3) is 10.8 Å². The van der Waals surface area contributed by atoms with Gasteiger partial charge >= 0.3 is 5.97 Å². The standard InChI is InChI=1S/C18H15ClN2O2/c1-23-17(22)18(9-8-13-10-20-11-21(13)18)16-14-5-3-2-4-12(14)6-7-15(16)19/h2-7,10-11H,8-9H2,1H3. The molecule has 1 aliphatic heterocycles. The second-order valence-corrected chi connectivity index (χ2v) is 6.16. The van der Waals surface area contributed by atoms with Crippen LogP contribution < -0.4 is 0 Å². The van der Waals surface area contributed by atoms with E-state index in [1.807, 2.05) is 41.0 Å². The van der Waals surface area contributed by atoms with E-state index in [0.717, 1.165) is 28.5 Å². The molecule has 4 rings (SSSR count). The van der Waals surface area contributed by atoms with Crippen LogP contribution in [-0.2, 0) is 21.5 Å². The summed E-state index contributed by atoms with van der Waals surface area (Å²) in [6.07, 6.45) is 4.86. The van der Waals surface area contributed by atoms with Gasteiger partial charge in [-0.3, -0.25) is 0 Å². The van der Waals surface area contributed by atoms with Gasteiger partial charge in [0.1, 0.15) is 0 Å². The summed E-state index contributed by atoms with van der Waals surface area (Å²) in [6.45, 7) is 0. The summed E-state index contributed by atoms with van der Waals surface area (Å²) in [6, 6.07) is 11.8. The fourth-order valence-corrected chi connectivity index (χ4v) is 3.98. The van der Waals surface area contributed by atoms with E-state index in [2.05, 4.69) is 4.98 Å². The number of nitrogens with zero attached hydrogens (tertiary/aromatic N) is 2. The zero-order valence-corrected chi connectivity index (χ0v) is 13.4. The van der Waals surface area contributed by atoms with Gasteiger partial charge in [-0.2, -0.15) is 0 Å². The molecule has 0 saturated carbocycles. The van der Waals surface area contributed by atoms with Crippen LogP contribution in [0.3, 0.4) is 0 Å². The van der Waals surface area contributed by atoms with Crippen LogP contribution in [0, 0.1) is 0 Å². The third kappa shape index (κ3) is 1.85. The van der Waals surface area contributed by atoms with Gasteiger partial charge in [0, 0.05) is 22.5 Å². The lowest BCUT2D eigenvalue weighted by Gasteiger charge is -2.31. The van der Waals surface area contributed by atoms with Crippen molar-refractivity contribution in [3.8, 4) is 0 Å². The summed E-state index contributed by atoms with van der Waals surface area (Å²) >= 11 is 6.57. The highest BCUT2D eigenvalue weighted by Gasteiger charge is 2.49. The van der Waals surface area contributed by atoms with E-state index in [9.17, 15) is 4.79 Å². The van der Waals surface area contributed by atoms with Crippen LogP contribution >= 0.6 is 11.6 Å². The number of benzene rings is 2. The number of aryl methyl sites for hydroxylation is 1. The molecule has 0 saturated heterocycles. The number of carbonyl (C=O) groups excluding carboxylic acids is 1. The number of rotatable bonds is 2. The number of hydrogen-bond acceptors (Lipinski definition) is 3. The van der Waals surface area contributed by atoms with Gasteiger partial charge in [-0.15, -0.1) is 0 Å². The maximum absolute atomic E-state index is 12.9. The Morgan fingerprint density at radius 3 is 2.96 bits per heavy atom. The first-order valence-electron chi connectivity index (χ1n) is 7.46. The molecule has 0 fully saturated rings. The lowest BCUT2D eigenvalue weighted by molar-refractivity contribution is -0.148. The minimum atomic E-state index is -0.960. The minimum Gasteiger partial charge on any atom is -0.467 e. The number of fused-ring (bicyclic) bond motifs is 2. The van der Waals surface area contributed by atoms with E-state index in [4.69, 9.17) is 16.3 Å². The molecule has 0 aliphatic carbocycles. The van der Waals surface area contributed by atoms with Gasteiger partial charge in [0.15, 0.2) is 5.54 Å². The summed E-state index contributed by atoms with van der Waals surface area (Å²) in [4.78, 5) is 17.1. The van der Waals surface area contributed by atoms with E-state index in [0.29, 0.717) is 11.4 Å². The molecular weight excluding hydrogens is 312 g/mol. The highest BCUT2D eigenvalue weighted by Crippen LogP contribution is 2.45. The summed E-state index contributed by atoms with van der Waals surface area (Å²) in [5.74, 6) is -0.312. The molecule has 3 aromatic rings. The van der Waals surface area contributed by atoms with Gasteiger partial charge in [-0.25, -0.2) is 9.78 Å². The van der Waals surface area contributed by atoms with Crippen molar-refractivity contribution in [2.24, 2.45) is 0 Å². The molecule has 4 nitrogen and oxygen atoms in total. The molecule has 1 aliphatic rings. The molecule has 0 N–H and O–H groups in total. The summed E-state index contributed by atoms with van der Waals surface area (Å²) in [7, 11) is 1.41. The Morgan fingerprint density at radius 2 is 2.13 bits per heavy atom. The molecule has 0 spiro atoms. The number of carbonyl (C=O) groups is 1. The second kappa shape index (κ2) is 5.10. The van der Waals surface area contributed by atoms with Gasteiger partial charge in [0.05, 0.1) is 13.4 Å². The van der Waals surface area contributed by atoms with E-state index in [-0.39, 0.29) is 5.97 Å². The maximum atomic E-state index is 12.9. The molecular formula is C18H15ClN2O2. The van der Waals surface area contributed by atoms with Crippen molar-refractivity contribution >= 4 is 28.3 Å². The Morgan fingerprint density at radius 1 is 1.30 bits per heavy atom. The zero-order valence-electron chi connectivity index (χ0n) is 12.6. The van der Waals surface area contributed by atoms with Crippen LogP contribution in [0.4, 0.5) is 0 Å². The minimum absolute atomic E-state index is 0.312. The number of esters is 1. The Kier molecular flexibility index (Phi) is 3.16. The van der Waals surface area contributed by atoms with Gasteiger partial charge in [0.25, 0.3) is 0 Å².